The van der Waals surface area contributed by atoms with Crippen molar-refractivity contribution in [2.45, 2.75) is 25.5 Å². The smallest absolute Gasteiger partial charge is 0.252 e. The molecular weight excluding hydrogens is 427 g/mol. The van der Waals surface area contributed by atoms with E-state index in [1.165, 1.54) is 0 Å². The van der Waals surface area contributed by atoms with Gasteiger partial charge in [-0.2, -0.15) is 0 Å². The highest BCUT2D eigenvalue weighted by atomic mass is 127. The molecule has 25 heavy (non-hydrogen) atoms. The SMILES string of the molecule is CN1CCC(Oc2ccc(CNC(=O)c3ccccc3I)cc2)CC1. The largest absolute Gasteiger partial charge is 0.490 e. The number of likely N-dealkylation sites (tertiary alicyclic amines) is 1. The predicted molar refractivity (Wildman–Crippen MR) is 108 cm³/mol. The zero-order valence-electron chi connectivity index (χ0n) is 14.4. The number of amides is 1. The van der Waals surface area contributed by atoms with Gasteiger partial charge in [0.1, 0.15) is 11.9 Å². The van der Waals surface area contributed by atoms with Gasteiger partial charge in [0, 0.05) is 23.2 Å². The molecule has 1 saturated heterocycles. The Bertz CT molecular complexity index is 710. The summed E-state index contributed by atoms with van der Waals surface area (Å²) in [5.74, 6) is 0.860. The first-order valence-electron chi connectivity index (χ1n) is 8.58. The molecule has 0 bridgehead atoms. The van der Waals surface area contributed by atoms with E-state index in [-0.39, 0.29) is 5.91 Å². The van der Waals surface area contributed by atoms with E-state index in [1.807, 2.05) is 48.5 Å². The Morgan fingerprint density at radius 1 is 1.16 bits per heavy atom. The maximum absolute atomic E-state index is 12.3. The van der Waals surface area contributed by atoms with Crippen molar-refractivity contribution in [3.05, 3.63) is 63.2 Å². The second-order valence-corrected chi connectivity index (χ2v) is 7.59. The summed E-state index contributed by atoms with van der Waals surface area (Å²) >= 11 is 2.18. The van der Waals surface area contributed by atoms with Crippen molar-refractivity contribution in [3.8, 4) is 5.75 Å². The van der Waals surface area contributed by atoms with Crippen LogP contribution in [0.3, 0.4) is 0 Å². The fourth-order valence-electron chi connectivity index (χ4n) is 2.90. The maximum atomic E-state index is 12.3. The molecule has 5 heteroatoms. The summed E-state index contributed by atoms with van der Waals surface area (Å²) in [7, 11) is 2.15. The third-order valence-corrected chi connectivity index (χ3v) is 5.40. The van der Waals surface area contributed by atoms with Gasteiger partial charge in [-0.3, -0.25) is 4.79 Å². The van der Waals surface area contributed by atoms with Gasteiger partial charge in [0.25, 0.3) is 5.91 Å². The Labute approximate surface area is 162 Å². The fraction of sp³-hybridized carbons (Fsp3) is 0.350. The Kier molecular flexibility index (Phi) is 6.31. The molecule has 132 valence electrons. The standard InChI is InChI=1S/C20H23IN2O2/c1-23-12-10-17(11-13-23)25-16-8-6-15(7-9-16)14-22-20(24)18-4-2-3-5-19(18)21/h2-9,17H,10-14H2,1H3,(H,22,24). The summed E-state index contributed by atoms with van der Waals surface area (Å²) in [4.78, 5) is 14.6. The van der Waals surface area contributed by atoms with Crippen molar-refractivity contribution in [2.75, 3.05) is 20.1 Å². The van der Waals surface area contributed by atoms with E-state index >= 15 is 0 Å². The lowest BCUT2D eigenvalue weighted by molar-refractivity contribution is 0.0950. The summed E-state index contributed by atoms with van der Waals surface area (Å²) in [5, 5.41) is 2.97. The molecule has 0 saturated carbocycles. The van der Waals surface area contributed by atoms with E-state index in [4.69, 9.17) is 4.74 Å². The normalized spacial score (nSPS) is 15.8. The first-order chi connectivity index (χ1) is 12.1. The van der Waals surface area contributed by atoms with E-state index in [0.29, 0.717) is 18.2 Å². The van der Waals surface area contributed by atoms with E-state index in [9.17, 15) is 4.79 Å². The zero-order chi connectivity index (χ0) is 17.6. The van der Waals surface area contributed by atoms with Crippen LogP contribution >= 0.6 is 22.6 Å². The molecule has 1 heterocycles. The van der Waals surface area contributed by atoms with Gasteiger partial charge in [0.2, 0.25) is 0 Å². The second-order valence-electron chi connectivity index (χ2n) is 6.43. The van der Waals surface area contributed by atoms with Crippen LogP contribution in [0.1, 0.15) is 28.8 Å². The maximum Gasteiger partial charge on any atom is 0.252 e. The number of carbonyl (C=O) groups excluding carboxylic acids is 1. The second kappa shape index (κ2) is 8.67. The van der Waals surface area contributed by atoms with Gasteiger partial charge in [-0.1, -0.05) is 24.3 Å². The summed E-state index contributed by atoms with van der Waals surface area (Å²) in [5.41, 5.74) is 1.78. The Morgan fingerprint density at radius 2 is 1.84 bits per heavy atom. The van der Waals surface area contributed by atoms with Crippen LogP contribution in [-0.4, -0.2) is 37.0 Å². The number of nitrogens with one attached hydrogen (secondary N) is 1. The molecule has 1 fully saturated rings. The lowest BCUT2D eigenvalue weighted by atomic mass is 10.1. The third kappa shape index (κ3) is 5.19. The molecule has 3 rings (SSSR count). The minimum Gasteiger partial charge on any atom is -0.490 e. The highest BCUT2D eigenvalue weighted by molar-refractivity contribution is 14.1. The van der Waals surface area contributed by atoms with E-state index in [0.717, 1.165) is 40.8 Å². The predicted octanol–water partition coefficient (Wildman–Crippen LogP) is 3.69. The summed E-state index contributed by atoms with van der Waals surface area (Å²) < 4.78 is 7.01. The summed E-state index contributed by atoms with van der Waals surface area (Å²) in [6.07, 6.45) is 2.45. The van der Waals surface area contributed by atoms with Crippen LogP contribution < -0.4 is 10.1 Å². The molecule has 1 N–H and O–H groups in total. The average molecular weight is 450 g/mol. The molecule has 0 spiro atoms. The third-order valence-electron chi connectivity index (χ3n) is 4.46. The topological polar surface area (TPSA) is 41.6 Å². The number of benzene rings is 2. The number of ether oxygens (including phenoxy) is 1. The molecule has 2 aromatic carbocycles. The minimum absolute atomic E-state index is 0.0448. The first kappa shape index (κ1) is 18.2. The van der Waals surface area contributed by atoms with Crippen molar-refractivity contribution in [1.82, 2.24) is 10.2 Å². The number of piperidine rings is 1. The van der Waals surface area contributed by atoms with Crippen LogP contribution in [-0.2, 0) is 6.54 Å². The quantitative estimate of drug-likeness (QED) is 0.707. The van der Waals surface area contributed by atoms with Crippen molar-refractivity contribution in [3.63, 3.8) is 0 Å². The number of nitrogens with zero attached hydrogens (tertiary/aromatic N) is 1. The van der Waals surface area contributed by atoms with Gasteiger partial charge in [0.05, 0.1) is 5.56 Å². The zero-order valence-corrected chi connectivity index (χ0v) is 16.5. The van der Waals surface area contributed by atoms with Gasteiger partial charge >= 0.3 is 0 Å². The molecular formula is C20H23IN2O2. The van der Waals surface area contributed by atoms with E-state index < -0.39 is 0 Å². The highest BCUT2D eigenvalue weighted by Crippen LogP contribution is 2.19. The Hall–Kier alpha value is -1.60. The molecule has 1 aliphatic rings. The minimum atomic E-state index is -0.0448. The van der Waals surface area contributed by atoms with Crippen molar-refractivity contribution in [2.24, 2.45) is 0 Å². The molecule has 0 aromatic heterocycles. The molecule has 1 amide bonds. The first-order valence-corrected chi connectivity index (χ1v) is 9.66. The molecule has 0 atom stereocenters. The van der Waals surface area contributed by atoms with Crippen LogP contribution in [0.25, 0.3) is 0 Å². The Morgan fingerprint density at radius 3 is 2.52 bits per heavy atom. The van der Waals surface area contributed by atoms with Crippen LogP contribution in [0.5, 0.6) is 5.75 Å². The Balaban J connectivity index is 1.51. The van der Waals surface area contributed by atoms with Gasteiger partial charge in [-0.05, 0) is 72.3 Å². The van der Waals surface area contributed by atoms with Crippen LogP contribution in [0.2, 0.25) is 0 Å². The monoisotopic (exact) mass is 450 g/mol. The summed E-state index contributed by atoms with van der Waals surface area (Å²) in [6.45, 7) is 2.69. The number of halogens is 1. The van der Waals surface area contributed by atoms with Gasteiger partial charge in [0.15, 0.2) is 0 Å². The molecule has 0 aliphatic carbocycles. The van der Waals surface area contributed by atoms with Crippen LogP contribution in [0, 0.1) is 3.57 Å². The van der Waals surface area contributed by atoms with Crippen LogP contribution in [0.4, 0.5) is 0 Å². The lowest BCUT2D eigenvalue weighted by Crippen LogP contribution is -2.35. The van der Waals surface area contributed by atoms with Gasteiger partial charge in [-0.15, -0.1) is 0 Å². The molecule has 1 aliphatic heterocycles. The van der Waals surface area contributed by atoms with Crippen LogP contribution in [0.15, 0.2) is 48.5 Å². The number of hydrogen-bond acceptors (Lipinski definition) is 3. The summed E-state index contributed by atoms with van der Waals surface area (Å²) in [6, 6.07) is 15.6. The van der Waals surface area contributed by atoms with E-state index in [1.54, 1.807) is 0 Å². The molecule has 0 radical (unpaired) electrons. The molecule has 4 nitrogen and oxygen atoms in total. The molecule has 2 aromatic rings. The van der Waals surface area contributed by atoms with Crippen molar-refractivity contribution >= 4 is 28.5 Å². The fourth-order valence-corrected chi connectivity index (χ4v) is 3.54. The number of rotatable bonds is 5. The average Bonchev–Trinajstić information content (AvgIpc) is 2.63. The van der Waals surface area contributed by atoms with Crippen molar-refractivity contribution in [1.29, 1.82) is 0 Å². The van der Waals surface area contributed by atoms with Crippen molar-refractivity contribution < 1.29 is 9.53 Å². The lowest BCUT2D eigenvalue weighted by Gasteiger charge is -2.29. The number of hydrogen-bond donors (Lipinski definition) is 1. The highest BCUT2D eigenvalue weighted by Gasteiger charge is 2.17. The number of carbonyl (C=O) groups is 1. The molecule has 0 unspecified atom stereocenters. The van der Waals surface area contributed by atoms with Gasteiger partial charge in [-0.25, -0.2) is 0 Å². The van der Waals surface area contributed by atoms with Gasteiger partial charge < -0.3 is 15.0 Å². The van der Waals surface area contributed by atoms with E-state index in [2.05, 4.69) is 39.9 Å².